The van der Waals surface area contributed by atoms with Gasteiger partial charge in [0, 0.05) is 18.4 Å². The molecule has 0 fully saturated rings. The summed E-state index contributed by atoms with van der Waals surface area (Å²) in [5.41, 5.74) is 2.15. The predicted molar refractivity (Wildman–Crippen MR) is 183 cm³/mol. The molecule has 1 aromatic carbocycles. The Morgan fingerprint density at radius 2 is 1.07 bits per heavy atom. The average Bonchev–Trinajstić information content (AvgIpc) is 2.93. The summed E-state index contributed by atoms with van der Waals surface area (Å²) in [7, 11) is -2.38. The van der Waals surface area contributed by atoms with Gasteiger partial charge in [-0.25, -0.2) is 0 Å². The van der Waals surface area contributed by atoms with Crippen LogP contribution in [0.2, 0.25) is 0 Å². The van der Waals surface area contributed by atoms with Crippen LogP contribution in [0.4, 0.5) is 0 Å². The topological polar surface area (TPSA) is 102 Å². The first-order valence-corrected chi connectivity index (χ1v) is 18.2. The van der Waals surface area contributed by atoms with E-state index in [1.54, 1.807) is 0 Å². The van der Waals surface area contributed by atoms with E-state index >= 15 is 0 Å². The van der Waals surface area contributed by atoms with Crippen molar-refractivity contribution in [2.75, 3.05) is 13.2 Å². The number of unbranched alkanes of at least 4 members (excludes halogenated alkanes) is 11. The lowest BCUT2D eigenvalue weighted by Crippen LogP contribution is -2.17. The van der Waals surface area contributed by atoms with Crippen molar-refractivity contribution in [1.29, 1.82) is 0 Å². The average molecular weight is 641 g/mol. The number of benzene rings is 1. The Balaban J connectivity index is 0.000000895. The molecule has 0 aliphatic carbocycles. The van der Waals surface area contributed by atoms with Crippen molar-refractivity contribution in [1.82, 2.24) is 0 Å². The van der Waals surface area contributed by atoms with E-state index in [0.717, 1.165) is 31.2 Å². The van der Waals surface area contributed by atoms with Gasteiger partial charge in [-0.3, -0.25) is 9.59 Å². The maximum absolute atomic E-state index is 11.6. The number of carbonyl (C=O) groups excluding carboxylic acids is 2. The quantitative estimate of drug-likeness (QED) is 0.0783. The lowest BCUT2D eigenvalue weighted by atomic mass is 9.80. The molecule has 0 atom stereocenters. The fourth-order valence-corrected chi connectivity index (χ4v) is 4.91. The van der Waals surface area contributed by atoms with Crippen LogP contribution in [0.1, 0.15) is 169 Å². The van der Waals surface area contributed by atoms with E-state index < -0.39 is 8.60 Å². The van der Waals surface area contributed by atoms with Gasteiger partial charge in [-0.05, 0) is 48.1 Å². The van der Waals surface area contributed by atoms with Crippen LogP contribution in [0.3, 0.4) is 0 Å². The number of esters is 2. The molecule has 1 aromatic rings. The Kier molecular flexibility index (Phi) is 23.6. The van der Waals surface area contributed by atoms with Crippen LogP contribution in [0.25, 0.3) is 0 Å². The maximum atomic E-state index is 11.6. The molecule has 0 heterocycles. The van der Waals surface area contributed by atoms with Gasteiger partial charge in [-0.2, -0.15) is 0 Å². The van der Waals surface area contributed by atoms with Gasteiger partial charge in [0.15, 0.2) is 0 Å². The molecule has 0 aliphatic rings. The van der Waals surface area contributed by atoms with Gasteiger partial charge in [0.2, 0.25) is 0 Å². The number of carbonyl (C=O) groups is 2. The Bertz CT molecular complexity index is 855. The first-order chi connectivity index (χ1) is 20.7. The second-order valence-electron chi connectivity index (χ2n) is 13.7. The maximum Gasteiger partial charge on any atom is 0.391 e. The van der Waals surface area contributed by atoms with Crippen LogP contribution in [0, 0.1) is 0 Å². The van der Waals surface area contributed by atoms with Crippen LogP contribution in [-0.4, -0.2) is 34.9 Å². The summed E-state index contributed by atoms with van der Waals surface area (Å²) >= 11 is 0. The normalized spacial score (nSPS) is 11.6. The zero-order valence-electron chi connectivity index (χ0n) is 29.3. The minimum atomic E-state index is -2.38. The molecule has 0 saturated heterocycles. The molecule has 1 rings (SSSR count). The summed E-state index contributed by atoms with van der Waals surface area (Å²) in [6, 6.07) is 5.89. The SMILES string of the molecule is CC(C)(C)c1ccc(OP(O)O)c(C(C)(C)C)c1.CCCCCCCCOC(=O)CCCCC(=O)OCCCCCCCC. The first kappa shape index (κ1) is 42.3. The summed E-state index contributed by atoms with van der Waals surface area (Å²) < 4.78 is 15.6. The highest BCUT2D eigenvalue weighted by Crippen LogP contribution is 2.39. The third-order valence-electron chi connectivity index (χ3n) is 7.37. The largest absolute Gasteiger partial charge is 0.466 e. The number of ether oxygens (including phenoxy) is 2. The minimum Gasteiger partial charge on any atom is -0.466 e. The zero-order valence-corrected chi connectivity index (χ0v) is 30.2. The molecule has 0 aromatic heterocycles. The third-order valence-corrected chi connectivity index (χ3v) is 7.73. The van der Waals surface area contributed by atoms with E-state index in [0.29, 0.717) is 44.6 Å². The van der Waals surface area contributed by atoms with E-state index in [1.807, 2.05) is 12.1 Å². The van der Waals surface area contributed by atoms with Crippen molar-refractivity contribution >= 4 is 20.5 Å². The highest BCUT2D eigenvalue weighted by molar-refractivity contribution is 7.39. The second kappa shape index (κ2) is 24.5. The summed E-state index contributed by atoms with van der Waals surface area (Å²) in [6.45, 7) is 18.2. The molecule has 0 spiro atoms. The minimum absolute atomic E-state index is 0.0572. The molecule has 7 nitrogen and oxygen atoms in total. The Morgan fingerprint density at radius 3 is 1.45 bits per heavy atom. The van der Waals surface area contributed by atoms with Crippen LogP contribution < -0.4 is 4.52 Å². The number of hydrogen-bond acceptors (Lipinski definition) is 7. The van der Waals surface area contributed by atoms with Gasteiger partial charge >= 0.3 is 20.5 Å². The van der Waals surface area contributed by atoms with Crippen molar-refractivity contribution in [3.63, 3.8) is 0 Å². The lowest BCUT2D eigenvalue weighted by Gasteiger charge is -2.27. The van der Waals surface area contributed by atoms with Crippen molar-refractivity contribution in [2.45, 2.75) is 169 Å². The second-order valence-corrected chi connectivity index (χ2v) is 14.4. The van der Waals surface area contributed by atoms with Crippen molar-refractivity contribution in [3.05, 3.63) is 29.3 Å². The zero-order chi connectivity index (χ0) is 33.4. The Morgan fingerprint density at radius 1 is 0.636 bits per heavy atom. The molecule has 0 amide bonds. The van der Waals surface area contributed by atoms with Gasteiger partial charge in [-0.15, -0.1) is 0 Å². The first-order valence-electron chi connectivity index (χ1n) is 17.0. The standard InChI is InChI=1S/C22H42O4.C14H23O3P/c1-3-5-7-9-11-15-19-25-21(23)17-13-14-18-22(24)26-20-16-12-10-8-6-4-2;1-13(2,3)10-7-8-12(17-18(15)16)11(9-10)14(4,5)6/h3-20H2,1-2H3;7-9,15-16H,1-6H3. The number of rotatable bonds is 21. The molecular formula is C36H65O7P. The highest BCUT2D eigenvalue weighted by atomic mass is 31.2. The summed E-state index contributed by atoms with van der Waals surface area (Å²) in [4.78, 5) is 41.3. The van der Waals surface area contributed by atoms with E-state index in [2.05, 4.69) is 61.5 Å². The summed E-state index contributed by atoms with van der Waals surface area (Å²) in [6.07, 6.45) is 16.5. The third kappa shape index (κ3) is 22.8. The van der Waals surface area contributed by atoms with Gasteiger partial charge < -0.3 is 23.8 Å². The highest BCUT2D eigenvalue weighted by Gasteiger charge is 2.24. The molecular weight excluding hydrogens is 575 g/mol. The Labute approximate surface area is 270 Å². The Hall–Kier alpha value is -1.69. The predicted octanol–water partition coefficient (Wildman–Crippen LogP) is 10.2. The van der Waals surface area contributed by atoms with Gasteiger partial charge in [0.25, 0.3) is 0 Å². The van der Waals surface area contributed by atoms with Crippen LogP contribution in [-0.2, 0) is 29.9 Å². The summed E-state index contributed by atoms with van der Waals surface area (Å²) in [5.74, 6) is 0.268. The molecule has 0 bridgehead atoms. The molecule has 2 N–H and O–H groups in total. The van der Waals surface area contributed by atoms with Crippen molar-refractivity contribution in [2.24, 2.45) is 0 Å². The van der Waals surface area contributed by atoms with E-state index in [1.165, 1.54) is 56.9 Å². The summed E-state index contributed by atoms with van der Waals surface area (Å²) in [5, 5.41) is 0. The fourth-order valence-electron chi connectivity index (χ4n) is 4.57. The molecule has 8 heteroatoms. The van der Waals surface area contributed by atoms with Crippen molar-refractivity contribution < 1.29 is 33.4 Å². The lowest BCUT2D eigenvalue weighted by molar-refractivity contribution is -0.146. The molecule has 0 saturated carbocycles. The van der Waals surface area contributed by atoms with E-state index in [4.69, 9.17) is 23.8 Å². The van der Waals surface area contributed by atoms with Crippen LogP contribution in [0.15, 0.2) is 18.2 Å². The smallest absolute Gasteiger partial charge is 0.391 e. The van der Waals surface area contributed by atoms with Crippen LogP contribution in [0.5, 0.6) is 5.75 Å². The fraction of sp³-hybridized carbons (Fsp3) is 0.778. The molecule has 0 unspecified atom stereocenters. The monoisotopic (exact) mass is 640 g/mol. The van der Waals surface area contributed by atoms with Crippen LogP contribution >= 0.6 is 8.60 Å². The molecule has 44 heavy (non-hydrogen) atoms. The van der Waals surface area contributed by atoms with E-state index in [-0.39, 0.29) is 22.8 Å². The molecule has 256 valence electrons. The van der Waals surface area contributed by atoms with Gasteiger partial charge in [-0.1, -0.05) is 132 Å². The van der Waals surface area contributed by atoms with E-state index in [9.17, 15) is 9.59 Å². The van der Waals surface area contributed by atoms with Gasteiger partial charge in [0.05, 0.1) is 13.2 Å². The molecule has 0 radical (unpaired) electrons. The van der Waals surface area contributed by atoms with Gasteiger partial charge in [0.1, 0.15) is 5.75 Å². The molecule has 0 aliphatic heterocycles. The number of hydrogen-bond donors (Lipinski definition) is 2. The van der Waals surface area contributed by atoms with Crippen molar-refractivity contribution in [3.8, 4) is 5.75 Å².